The molecule has 2 aliphatic heterocycles. The summed E-state index contributed by atoms with van der Waals surface area (Å²) >= 11 is 1.51. The zero-order valence-corrected chi connectivity index (χ0v) is 38.3. The van der Waals surface area contributed by atoms with E-state index in [9.17, 15) is 27.6 Å². The summed E-state index contributed by atoms with van der Waals surface area (Å²) in [6, 6.07) is 3.51. The van der Waals surface area contributed by atoms with Crippen molar-refractivity contribution in [2.75, 3.05) is 26.7 Å². The van der Waals surface area contributed by atoms with Gasteiger partial charge in [0.1, 0.15) is 40.4 Å². The van der Waals surface area contributed by atoms with Gasteiger partial charge in [0.25, 0.3) is 0 Å². The maximum absolute atomic E-state index is 14.5. The van der Waals surface area contributed by atoms with E-state index in [4.69, 9.17) is 25.2 Å². The lowest BCUT2D eigenvalue weighted by Gasteiger charge is -2.29. The molecule has 1 aromatic carbocycles. The Hall–Kier alpha value is -4.77. The molecule has 2 aromatic heterocycles. The van der Waals surface area contributed by atoms with E-state index in [1.165, 1.54) is 16.2 Å². The van der Waals surface area contributed by atoms with Crippen molar-refractivity contribution in [3.8, 4) is 22.2 Å². The number of amides is 5. The second-order valence-electron chi connectivity index (χ2n) is 18.3. The zero-order valence-electron chi connectivity index (χ0n) is 36.7. The first-order chi connectivity index (χ1) is 29.4. The highest BCUT2D eigenvalue weighted by Crippen LogP contribution is 2.54. The second kappa shape index (κ2) is 18.1. The number of hydrogen-bond donors (Lipinski definition) is 3. The lowest BCUT2D eigenvalue weighted by molar-refractivity contribution is -0.139. The highest BCUT2D eigenvalue weighted by molar-refractivity contribution is 7.91. The summed E-state index contributed by atoms with van der Waals surface area (Å²) in [6.07, 6.45) is 10.5. The lowest BCUT2D eigenvalue weighted by Crippen LogP contribution is -2.54. The standard InChI is InChI=1S/C45H61N7O8S2/c1-27(2)34-26-61-41(48-34)33-23-37(30-15-16-36(59-6)28(3)38(30)47-33)60-29-22-35(39(46)53)52(25-29)42(55)32(49-43(56)51-20-12-13-21-51)14-10-8-7-9-11-17-44(4)24-31(44)40(54)50-62(57,58)45(5)18-19-45/h11,15-17,23,26-27,29,31-32,35H,7-10,12-14,18-22,24-25H2,1-6H3,(H2,46,53)(H,49,56)(H,50,54)/b17-11-/t29-,31-,32+,35+,44+/m1/s1. The van der Waals surface area contributed by atoms with Gasteiger partial charge in [0.2, 0.25) is 27.7 Å². The molecule has 17 heteroatoms. The smallest absolute Gasteiger partial charge is 0.318 e. The Bertz CT molecular complexity index is 2340. The van der Waals surface area contributed by atoms with E-state index in [1.807, 2.05) is 49.6 Å². The van der Waals surface area contributed by atoms with Crippen LogP contribution in [0, 0.1) is 18.3 Å². The van der Waals surface area contributed by atoms with E-state index in [2.05, 4.69) is 23.9 Å². The van der Waals surface area contributed by atoms with Crippen LogP contribution in [-0.4, -0.2) is 102 Å². The largest absolute Gasteiger partial charge is 0.496 e. The van der Waals surface area contributed by atoms with Gasteiger partial charge in [-0.05, 0) is 88.7 Å². The molecule has 62 heavy (non-hydrogen) atoms. The lowest BCUT2D eigenvalue weighted by atomic mass is 10.0. The van der Waals surface area contributed by atoms with Crippen molar-refractivity contribution in [2.45, 2.75) is 134 Å². The van der Waals surface area contributed by atoms with Crippen molar-refractivity contribution in [1.29, 1.82) is 0 Å². The Kier molecular flexibility index (Phi) is 13.2. The fourth-order valence-corrected chi connectivity index (χ4v) is 10.8. The van der Waals surface area contributed by atoms with Crippen LogP contribution in [0.25, 0.3) is 21.6 Å². The van der Waals surface area contributed by atoms with Gasteiger partial charge in [-0.3, -0.25) is 19.1 Å². The number of carbonyl (C=O) groups is 4. The number of benzene rings is 1. The maximum atomic E-state index is 14.5. The van der Waals surface area contributed by atoms with Gasteiger partial charge >= 0.3 is 6.03 Å². The van der Waals surface area contributed by atoms with Crippen molar-refractivity contribution < 1.29 is 37.1 Å². The SMILES string of the molecule is COc1ccc2c(O[C@@H]3C[C@@H](C(N)=O)N(C(=O)[C@H](CCCCC/C=C\[C@@]4(C)C[C@@H]4C(=O)NS(=O)(=O)C4(C)CC4)NC(=O)N4CCCC4)C3)cc(-c3nc(C(C)C)cs3)nc2c1C. The molecule has 0 unspecified atom stereocenters. The van der Waals surface area contributed by atoms with Gasteiger partial charge in [0.05, 0.1) is 29.6 Å². The molecule has 5 amide bonds. The molecule has 0 bridgehead atoms. The molecule has 4 aliphatic rings. The highest BCUT2D eigenvalue weighted by atomic mass is 32.2. The minimum atomic E-state index is -3.67. The van der Waals surface area contributed by atoms with Gasteiger partial charge in [0, 0.05) is 47.8 Å². The summed E-state index contributed by atoms with van der Waals surface area (Å²) < 4.78 is 38.9. The number of nitrogens with two attached hydrogens (primary N) is 1. The topological polar surface area (TPSA) is 203 Å². The number of primary amides is 1. The fourth-order valence-electron chi connectivity index (χ4n) is 8.54. The van der Waals surface area contributed by atoms with Gasteiger partial charge < -0.3 is 30.3 Å². The number of nitrogens with one attached hydrogen (secondary N) is 2. The van der Waals surface area contributed by atoms with Crippen LogP contribution in [0.2, 0.25) is 0 Å². The van der Waals surface area contributed by atoms with Gasteiger partial charge in [-0.1, -0.05) is 45.8 Å². The summed E-state index contributed by atoms with van der Waals surface area (Å²) in [5.74, 6) is -0.364. The van der Waals surface area contributed by atoms with Crippen LogP contribution in [0.5, 0.6) is 11.5 Å². The van der Waals surface area contributed by atoms with Crippen LogP contribution >= 0.6 is 11.3 Å². The van der Waals surface area contributed by atoms with Crippen LogP contribution in [0.1, 0.15) is 115 Å². The fraction of sp³-hybridized carbons (Fsp3) is 0.600. The summed E-state index contributed by atoms with van der Waals surface area (Å²) in [6.45, 7) is 11.1. The molecule has 4 fully saturated rings. The molecule has 4 heterocycles. The van der Waals surface area contributed by atoms with Crippen molar-refractivity contribution in [3.05, 3.63) is 47.0 Å². The Labute approximate surface area is 368 Å². The maximum Gasteiger partial charge on any atom is 0.318 e. The predicted molar refractivity (Wildman–Crippen MR) is 238 cm³/mol. The van der Waals surface area contributed by atoms with E-state index in [1.54, 1.807) is 18.9 Å². The quantitative estimate of drug-likeness (QED) is 0.0956. The van der Waals surface area contributed by atoms with Crippen molar-refractivity contribution in [3.63, 3.8) is 0 Å². The summed E-state index contributed by atoms with van der Waals surface area (Å²) in [5, 5.41) is 6.52. The van der Waals surface area contributed by atoms with E-state index in [-0.39, 0.29) is 42.2 Å². The number of unbranched alkanes of at least 4 members (excludes halogenated alkanes) is 3. The molecular formula is C45H61N7O8S2. The summed E-state index contributed by atoms with van der Waals surface area (Å²) in [7, 11) is -2.06. The number of allylic oxidation sites excluding steroid dienone is 2. The number of hydrogen-bond acceptors (Lipinski definition) is 11. The number of fused-ring (bicyclic) bond motifs is 1. The number of nitrogens with zero attached hydrogens (tertiary/aromatic N) is 4. The molecule has 2 saturated heterocycles. The summed E-state index contributed by atoms with van der Waals surface area (Å²) in [5.41, 5.74) is 8.72. The van der Waals surface area contributed by atoms with Crippen LogP contribution in [0.15, 0.2) is 35.7 Å². The number of aryl methyl sites for hydroxylation is 1. The third kappa shape index (κ3) is 9.73. The highest BCUT2D eigenvalue weighted by Gasteiger charge is 2.56. The van der Waals surface area contributed by atoms with E-state index < -0.39 is 44.8 Å². The molecule has 3 aromatic rings. The minimum Gasteiger partial charge on any atom is -0.496 e. The van der Waals surface area contributed by atoms with Crippen LogP contribution < -0.4 is 25.2 Å². The van der Waals surface area contributed by atoms with Gasteiger partial charge in [0.15, 0.2) is 0 Å². The normalized spacial score (nSPS) is 23.5. The first-order valence-corrected chi connectivity index (χ1v) is 24.3. The minimum absolute atomic E-state index is 0.0966. The Morgan fingerprint density at radius 1 is 1.06 bits per heavy atom. The molecule has 2 saturated carbocycles. The number of aromatic nitrogens is 2. The number of pyridine rings is 1. The number of rotatable bonds is 18. The monoisotopic (exact) mass is 891 g/mol. The number of ether oxygens (including phenoxy) is 2. The molecule has 5 atom stereocenters. The van der Waals surface area contributed by atoms with E-state index >= 15 is 0 Å². The number of carbonyl (C=O) groups excluding carboxylic acids is 4. The van der Waals surface area contributed by atoms with Gasteiger partial charge in [-0.15, -0.1) is 11.3 Å². The average molecular weight is 892 g/mol. The van der Waals surface area contributed by atoms with E-state index in [0.29, 0.717) is 67.9 Å². The third-order valence-electron chi connectivity index (χ3n) is 13.2. The number of urea groups is 1. The van der Waals surface area contributed by atoms with Crippen LogP contribution in [0.3, 0.4) is 0 Å². The predicted octanol–water partition coefficient (Wildman–Crippen LogP) is 6.34. The van der Waals surface area contributed by atoms with Crippen molar-refractivity contribution in [1.82, 2.24) is 29.8 Å². The molecule has 2 aliphatic carbocycles. The molecule has 4 N–H and O–H groups in total. The van der Waals surface area contributed by atoms with Crippen LogP contribution in [-0.2, 0) is 24.4 Å². The molecule has 0 spiro atoms. The molecular weight excluding hydrogens is 831 g/mol. The molecule has 0 radical (unpaired) electrons. The number of likely N-dealkylation sites (tertiary alicyclic amines) is 2. The molecule has 15 nitrogen and oxygen atoms in total. The number of methoxy groups -OCH3 is 1. The first-order valence-electron chi connectivity index (χ1n) is 21.9. The summed E-state index contributed by atoms with van der Waals surface area (Å²) in [4.78, 5) is 66.6. The number of thiazole rings is 1. The molecule has 336 valence electrons. The second-order valence-corrected chi connectivity index (χ2v) is 21.4. The number of sulfonamides is 1. The first kappa shape index (κ1) is 45.3. The average Bonchev–Trinajstić information content (AvgIpc) is 3.78. The van der Waals surface area contributed by atoms with E-state index in [0.717, 1.165) is 53.8 Å². The van der Waals surface area contributed by atoms with Gasteiger partial charge in [-0.25, -0.2) is 23.2 Å². The Balaban J connectivity index is 1.01. The zero-order chi connectivity index (χ0) is 44.6. The van der Waals surface area contributed by atoms with Crippen LogP contribution in [0.4, 0.5) is 4.79 Å². The van der Waals surface area contributed by atoms with Crippen molar-refractivity contribution in [2.24, 2.45) is 17.1 Å². The van der Waals surface area contributed by atoms with Crippen molar-refractivity contribution >= 4 is 56.0 Å². The molecule has 7 rings (SSSR count). The van der Waals surface area contributed by atoms with Gasteiger partial charge in [-0.2, -0.15) is 0 Å². The Morgan fingerprint density at radius 2 is 1.81 bits per heavy atom. The third-order valence-corrected chi connectivity index (χ3v) is 16.2. The Morgan fingerprint density at radius 3 is 2.47 bits per heavy atom.